The van der Waals surface area contributed by atoms with Gasteiger partial charge in [-0.2, -0.15) is 0 Å². The summed E-state index contributed by atoms with van der Waals surface area (Å²) in [5.74, 6) is 1.57. The van der Waals surface area contributed by atoms with E-state index in [1.165, 1.54) is 33.1 Å². The highest BCUT2D eigenvalue weighted by Crippen LogP contribution is 2.34. The molecule has 4 aromatic carbocycles. The summed E-state index contributed by atoms with van der Waals surface area (Å²) in [5, 5.41) is 15.5. The van der Waals surface area contributed by atoms with Gasteiger partial charge in [0.15, 0.2) is 0 Å². The van der Waals surface area contributed by atoms with Crippen LogP contribution in [0.25, 0.3) is 10.8 Å². The molecule has 79 heavy (non-hydrogen) atoms. The second kappa shape index (κ2) is 30.3. The average molecular weight is 1180 g/mol. The number of thiocarbonyl (C=S) groups is 5. The van der Waals surface area contributed by atoms with Crippen LogP contribution in [0.4, 0.5) is 27.8 Å². The van der Waals surface area contributed by atoms with Crippen LogP contribution >= 0.6 is 72.4 Å². The summed E-state index contributed by atoms with van der Waals surface area (Å²) in [6.45, 7) is 45.4. The van der Waals surface area contributed by atoms with Crippen molar-refractivity contribution in [3.8, 4) is 5.75 Å². The van der Waals surface area contributed by atoms with E-state index in [0.717, 1.165) is 79.0 Å². The van der Waals surface area contributed by atoms with Crippen molar-refractivity contribution in [2.75, 3.05) is 45.4 Å². The summed E-state index contributed by atoms with van der Waals surface area (Å²) in [7, 11) is 0. The second-order valence-corrected chi connectivity index (χ2v) is 28.0. The Balaban J connectivity index is 0.000000261. The number of rotatable bonds is 8. The van der Waals surface area contributed by atoms with Crippen LogP contribution in [0.15, 0.2) is 121 Å². The van der Waals surface area contributed by atoms with Crippen molar-refractivity contribution < 1.29 is 4.74 Å². The molecule has 428 valence electrons. The van der Waals surface area contributed by atoms with Crippen molar-refractivity contribution in [2.24, 2.45) is 27.1 Å². The molecule has 7 nitrogen and oxygen atoms in total. The molecule has 0 unspecified atom stereocenters. The van der Waals surface area contributed by atoms with Gasteiger partial charge in [-0.15, -0.1) is 11.3 Å². The number of thiophene rings is 1. The highest BCUT2D eigenvalue weighted by molar-refractivity contribution is 7.81. The summed E-state index contributed by atoms with van der Waals surface area (Å²) in [6, 6.07) is 35.1. The number of fused-ring (bicyclic) bond motifs is 2. The molecule has 6 aromatic rings. The molecule has 0 saturated heterocycles. The third-order valence-corrected chi connectivity index (χ3v) is 16.9. The van der Waals surface area contributed by atoms with Gasteiger partial charge < -0.3 is 30.5 Å². The van der Waals surface area contributed by atoms with Gasteiger partial charge in [-0.25, -0.2) is 0 Å². The van der Waals surface area contributed by atoms with Crippen molar-refractivity contribution in [3.63, 3.8) is 0 Å². The van der Waals surface area contributed by atoms with Crippen LogP contribution < -0.4 is 30.5 Å². The van der Waals surface area contributed by atoms with Gasteiger partial charge in [0, 0.05) is 92.5 Å². The molecule has 13 heteroatoms. The zero-order valence-corrected chi connectivity index (χ0v) is 56.1. The van der Waals surface area contributed by atoms with E-state index >= 15 is 0 Å². The van der Waals surface area contributed by atoms with Gasteiger partial charge in [-0.3, -0.25) is 4.98 Å². The second-order valence-electron chi connectivity index (χ2n) is 25.1. The number of nitrogens with zero attached hydrogens (tertiary/aromatic N) is 3. The first kappa shape index (κ1) is 68.5. The van der Waals surface area contributed by atoms with E-state index in [9.17, 15) is 0 Å². The minimum atomic E-state index is -0.0293. The Labute approximate surface area is 508 Å². The van der Waals surface area contributed by atoms with Gasteiger partial charge in [0.05, 0.1) is 36.6 Å². The van der Waals surface area contributed by atoms with E-state index in [2.05, 4.69) is 223 Å². The fourth-order valence-electron chi connectivity index (χ4n) is 7.42. The smallest absolute Gasteiger partial charge is 0.122 e. The Bertz CT molecular complexity index is 2930. The van der Waals surface area contributed by atoms with Crippen LogP contribution in [0.3, 0.4) is 0 Å². The van der Waals surface area contributed by atoms with E-state index < -0.39 is 0 Å². The lowest BCUT2D eigenvalue weighted by atomic mass is 9.95. The van der Waals surface area contributed by atoms with Gasteiger partial charge >= 0.3 is 0 Å². The maximum Gasteiger partial charge on any atom is 0.122 e. The topological polar surface area (TPSA) is 64.7 Å². The monoisotopic (exact) mass is 1180 g/mol. The molecule has 0 fully saturated rings. The van der Waals surface area contributed by atoms with E-state index in [0.29, 0.717) is 5.92 Å². The van der Waals surface area contributed by atoms with E-state index in [4.69, 9.17) is 65.8 Å². The zero-order chi connectivity index (χ0) is 59.7. The molecule has 7 rings (SSSR count). The van der Waals surface area contributed by atoms with E-state index in [1.54, 1.807) is 11.3 Å². The number of ether oxygens (including phenoxy) is 1. The Morgan fingerprint density at radius 2 is 1.10 bits per heavy atom. The number of hydrogen-bond donors (Lipinski definition) is 3. The maximum atomic E-state index is 5.62. The summed E-state index contributed by atoms with van der Waals surface area (Å²) in [5.41, 5.74) is 8.43. The number of hydrogen-bond acceptors (Lipinski definition) is 8. The van der Waals surface area contributed by atoms with E-state index in [1.807, 2.05) is 67.0 Å². The number of nitrogens with one attached hydrogen (secondary N) is 3. The highest BCUT2D eigenvalue weighted by atomic mass is 32.1. The lowest BCUT2D eigenvalue weighted by Gasteiger charge is -2.32. The predicted molar refractivity (Wildman–Crippen MR) is 371 cm³/mol. The van der Waals surface area contributed by atoms with Gasteiger partial charge in [-0.1, -0.05) is 215 Å². The van der Waals surface area contributed by atoms with Crippen LogP contribution in [0.1, 0.15) is 154 Å². The molecule has 1 aliphatic rings. The highest BCUT2D eigenvalue weighted by Gasteiger charge is 2.26. The summed E-state index contributed by atoms with van der Waals surface area (Å²) >= 11 is 29.0. The minimum Gasteiger partial charge on any atom is -0.493 e. The average Bonchev–Trinajstić information content (AvgIpc) is 4.04. The van der Waals surface area contributed by atoms with Gasteiger partial charge in [0.1, 0.15) is 5.75 Å². The molecular weight excluding hydrogens is 1090 g/mol. The Hall–Kier alpha value is -4.76. The van der Waals surface area contributed by atoms with Crippen molar-refractivity contribution >= 4 is 136 Å². The van der Waals surface area contributed by atoms with Gasteiger partial charge in [-0.05, 0) is 115 Å². The Morgan fingerprint density at radius 3 is 1.61 bits per heavy atom. The number of pyridine rings is 1. The normalized spacial score (nSPS) is 12.0. The van der Waals surface area contributed by atoms with Gasteiger partial charge in [0.2, 0.25) is 0 Å². The molecule has 0 spiro atoms. The first-order chi connectivity index (χ1) is 36.6. The van der Waals surface area contributed by atoms with Crippen LogP contribution in [-0.2, 0) is 6.42 Å². The quantitative estimate of drug-likeness (QED) is 0.127. The molecular formula is C66H92N6OS6. The first-order valence-electron chi connectivity index (χ1n) is 27.5. The molecule has 1 aliphatic heterocycles. The van der Waals surface area contributed by atoms with Gasteiger partial charge in [0.25, 0.3) is 0 Å². The molecule has 2 aromatic heterocycles. The lowest BCUT2D eigenvalue weighted by molar-refractivity contribution is 0.357. The maximum absolute atomic E-state index is 5.62. The molecule has 0 atom stereocenters. The van der Waals surface area contributed by atoms with Crippen molar-refractivity contribution in [1.82, 2.24) is 4.98 Å². The molecule has 0 radical (unpaired) electrons. The Kier molecular flexibility index (Phi) is 26.3. The van der Waals surface area contributed by atoms with Crippen LogP contribution in [-0.4, -0.2) is 49.6 Å². The number of para-hydroxylation sites is 2. The number of benzene rings is 4. The summed E-state index contributed by atoms with van der Waals surface area (Å²) in [6.07, 6.45) is 4.69. The molecule has 0 saturated carbocycles. The number of anilines is 5. The minimum absolute atomic E-state index is 0.0147. The van der Waals surface area contributed by atoms with Crippen LogP contribution in [0, 0.1) is 34.0 Å². The fraction of sp³-hybridized carbons (Fsp3) is 0.455. The van der Waals surface area contributed by atoms with Crippen molar-refractivity contribution in [2.45, 2.75) is 151 Å². The third kappa shape index (κ3) is 22.3. The molecule has 0 bridgehead atoms. The van der Waals surface area contributed by atoms with E-state index in [-0.39, 0.29) is 27.1 Å². The fourth-order valence-corrected chi connectivity index (χ4v) is 9.24. The predicted octanol–water partition coefficient (Wildman–Crippen LogP) is 20.2. The molecule has 0 amide bonds. The number of aryl methyl sites for hydroxylation is 1. The molecule has 0 aliphatic carbocycles. The van der Waals surface area contributed by atoms with Crippen LogP contribution in [0.2, 0.25) is 0 Å². The largest absolute Gasteiger partial charge is 0.493 e. The van der Waals surface area contributed by atoms with Crippen molar-refractivity contribution in [1.29, 1.82) is 0 Å². The Morgan fingerprint density at radius 1 is 0.595 bits per heavy atom. The summed E-state index contributed by atoms with van der Waals surface area (Å²) < 4.78 is 5.54. The molecule has 3 N–H and O–H groups in total. The molecule has 3 heterocycles. The lowest BCUT2D eigenvalue weighted by Crippen LogP contribution is -2.38. The first-order valence-corrected chi connectivity index (χ1v) is 30.4. The third-order valence-electron chi connectivity index (χ3n) is 12.2. The SMILES string of the molecule is CC(C)(C)C(=S)Nc1ccccc1.CC(C)c1ccsc1NC(=S)C(C)(C)C.CCN(C(=S)C(C)(C)C)c1ccc2c(c1)CCO2.CCN(C(=S)C(C)(C)C)c1ccccc1.Cc1cc(NC(=S)C(C)(C)C)c2ccncc2c1. The summed E-state index contributed by atoms with van der Waals surface area (Å²) in [4.78, 5) is 13.2. The number of aromatic nitrogens is 1. The standard InChI is InChI=1S/C15H18N2S.C15H21NOS.C13H19NS.C12H19NS2.C11H15NS/c1-10-7-11-9-16-6-5-12(11)13(8-10)17-14(18)15(2,3)4;1-5-16(14(18)15(2,3)4)12-6-7-13-11(10-12)8-9-17-13;1-5-14(12(15)13(2,3)4)11-9-7-6-8-10-11;1-8(2)9-6-7-15-10(9)13-11(14)12(3,4)5;1-11(2,3)10(13)12-9-7-5-4-6-8-9/h5-9H,1-4H3,(H,17,18);6-7,10H,5,8-9H2,1-4H3;6-10H,5H2,1-4H3;6-8H,1-5H3,(H,13,14);4-8H,1-3H3,(H,12,13). The zero-order valence-electron chi connectivity index (χ0n) is 51.2. The van der Waals surface area contributed by atoms with Crippen LogP contribution in [0.5, 0.6) is 5.75 Å². The van der Waals surface area contributed by atoms with Crippen molar-refractivity contribution in [3.05, 3.63) is 138 Å².